The largest absolute Gasteiger partial charge is 0.395 e. The molecule has 5 heteroatoms. The van der Waals surface area contributed by atoms with Crippen LogP contribution in [0.1, 0.15) is 23.4 Å². The molecule has 24 heavy (non-hydrogen) atoms. The standard InChI is InChI=1S/C19H22N4O/c1-13-17(14-7-4-3-5-8-14)18-20-16-10-6-9-15(16)19(23(18)21-13)22(2)11-12-24/h3-5,7-8,24H,6,9-12H2,1-2H3. The maximum absolute atomic E-state index is 9.37. The van der Waals surface area contributed by atoms with Crippen molar-refractivity contribution >= 4 is 11.5 Å². The number of aliphatic hydroxyl groups excluding tert-OH is 1. The molecule has 0 saturated heterocycles. The van der Waals surface area contributed by atoms with Gasteiger partial charge >= 0.3 is 0 Å². The summed E-state index contributed by atoms with van der Waals surface area (Å²) in [4.78, 5) is 7.06. The Hall–Kier alpha value is -2.40. The minimum atomic E-state index is 0.126. The summed E-state index contributed by atoms with van der Waals surface area (Å²) in [6.07, 6.45) is 3.18. The molecule has 124 valence electrons. The lowest BCUT2D eigenvalue weighted by atomic mass is 10.1. The number of likely N-dealkylation sites (N-methyl/N-ethyl adjacent to an activating group) is 1. The number of aryl methyl sites for hydroxylation is 2. The van der Waals surface area contributed by atoms with E-state index in [0.717, 1.165) is 47.5 Å². The fourth-order valence-corrected chi connectivity index (χ4v) is 3.70. The highest BCUT2D eigenvalue weighted by Crippen LogP contribution is 2.35. The van der Waals surface area contributed by atoms with E-state index in [9.17, 15) is 5.11 Å². The van der Waals surface area contributed by atoms with Crippen molar-refractivity contribution in [3.05, 3.63) is 47.3 Å². The zero-order valence-electron chi connectivity index (χ0n) is 14.2. The van der Waals surface area contributed by atoms with E-state index in [0.29, 0.717) is 6.54 Å². The highest BCUT2D eigenvalue weighted by atomic mass is 16.3. The van der Waals surface area contributed by atoms with Crippen molar-refractivity contribution in [2.75, 3.05) is 25.1 Å². The van der Waals surface area contributed by atoms with Crippen LogP contribution < -0.4 is 4.90 Å². The Morgan fingerprint density at radius 1 is 1.21 bits per heavy atom. The van der Waals surface area contributed by atoms with Gasteiger partial charge in [0.15, 0.2) is 5.65 Å². The Bertz CT molecular complexity index is 886. The summed E-state index contributed by atoms with van der Waals surface area (Å²) in [6.45, 7) is 2.75. The zero-order valence-corrected chi connectivity index (χ0v) is 14.2. The Labute approximate surface area is 141 Å². The molecule has 0 spiro atoms. The van der Waals surface area contributed by atoms with E-state index >= 15 is 0 Å². The van der Waals surface area contributed by atoms with Crippen molar-refractivity contribution in [3.8, 4) is 11.1 Å². The van der Waals surface area contributed by atoms with Gasteiger partial charge in [0.05, 0.1) is 12.3 Å². The molecule has 1 aliphatic carbocycles. The summed E-state index contributed by atoms with van der Waals surface area (Å²) in [5.74, 6) is 1.08. The first kappa shape index (κ1) is 15.1. The third-order valence-corrected chi connectivity index (χ3v) is 4.80. The van der Waals surface area contributed by atoms with Crippen LogP contribution in [0.4, 0.5) is 5.82 Å². The molecule has 3 aromatic rings. The van der Waals surface area contributed by atoms with Gasteiger partial charge in [0.2, 0.25) is 0 Å². The van der Waals surface area contributed by atoms with E-state index < -0.39 is 0 Å². The fourth-order valence-electron chi connectivity index (χ4n) is 3.70. The van der Waals surface area contributed by atoms with Gasteiger partial charge in [-0.25, -0.2) is 4.98 Å². The molecule has 1 aromatic carbocycles. The first-order valence-corrected chi connectivity index (χ1v) is 8.49. The quantitative estimate of drug-likeness (QED) is 0.802. The van der Waals surface area contributed by atoms with E-state index in [-0.39, 0.29) is 6.61 Å². The average Bonchev–Trinajstić information content (AvgIpc) is 3.16. The van der Waals surface area contributed by atoms with Gasteiger partial charge in [-0.2, -0.15) is 9.61 Å². The molecule has 0 saturated carbocycles. The van der Waals surface area contributed by atoms with Crippen LogP contribution in [0.3, 0.4) is 0 Å². The molecule has 0 unspecified atom stereocenters. The van der Waals surface area contributed by atoms with Crippen LogP contribution in [0.2, 0.25) is 0 Å². The molecule has 4 rings (SSSR count). The van der Waals surface area contributed by atoms with Gasteiger partial charge in [0.25, 0.3) is 0 Å². The molecular weight excluding hydrogens is 300 g/mol. The fraction of sp³-hybridized carbons (Fsp3) is 0.368. The Morgan fingerprint density at radius 3 is 2.75 bits per heavy atom. The number of aliphatic hydroxyl groups is 1. The molecule has 2 aromatic heterocycles. The summed E-state index contributed by atoms with van der Waals surface area (Å²) >= 11 is 0. The second kappa shape index (κ2) is 5.91. The summed E-state index contributed by atoms with van der Waals surface area (Å²) in [6, 6.07) is 10.3. The average molecular weight is 322 g/mol. The monoisotopic (exact) mass is 322 g/mol. The first-order chi connectivity index (χ1) is 11.7. The Morgan fingerprint density at radius 2 is 2.00 bits per heavy atom. The molecule has 0 aliphatic heterocycles. The highest BCUT2D eigenvalue weighted by Gasteiger charge is 2.25. The molecule has 0 atom stereocenters. The SMILES string of the molecule is Cc1nn2c(N(C)CCO)c3c(nc2c1-c1ccccc1)CCC3. The second-order valence-corrected chi connectivity index (χ2v) is 6.42. The smallest absolute Gasteiger partial charge is 0.165 e. The van der Waals surface area contributed by atoms with Gasteiger partial charge in [0, 0.05) is 30.4 Å². The van der Waals surface area contributed by atoms with Crippen LogP contribution >= 0.6 is 0 Å². The van der Waals surface area contributed by atoms with Crippen LogP contribution in [-0.4, -0.2) is 39.9 Å². The highest BCUT2D eigenvalue weighted by molar-refractivity contribution is 5.81. The van der Waals surface area contributed by atoms with E-state index in [1.807, 2.05) is 36.7 Å². The summed E-state index contributed by atoms with van der Waals surface area (Å²) < 4.78 is 1.97. The molecule has 1 aliphatic rings. The summed E-state index contributed by atoms with van der Waals surface area (Å²) in [5.41, 5.74) is 6.60. The number of benzene rings is 1. The molecule has 0 fully saturated rings. The number of hydrogen-bond acceptors (Lipinski definition) is 4. The van der Waals surface area contributed by atoms with Crippen molar-refractivity contribution in [2.45, 2.75) is 26.2 Å². The van der Waals surface area contributed by atoms with Crippen LogP contribution in [-0.2, 0) is 12.8 Å². The minimum Gasteiger partial charge on any atom is -0.395 e. The Balaban J connectivity index is 2.02. The first-order valence-electron chi connectivity index (χ1n) is 8.49. The van der Waals surface area contributed by atoms with E-state index in [1.54, 1.807) is 0 Å². The van der Waals surface area contributed by atoms with E-state index in [1.165, 1.54) is 11.3 Å². The number of aromatic nitrogens is 3. The maximum atomic E-state index is 9.37. The van der Waals surface area contributed by atoms with Crippen molar-refractivity contribution in [3.63, 3.8) is 0 Å². The summed E-state index contributed by atoms with van der Waals surface area (Å²) in [5, 5.41) is 14.2. The number of fused-ring (bicyclic) bond motifs is 2. The number of rotatable bonds is 4. The molecule has 2 heterocycles. The zero-order chi connectivity index (χ0) is 16.7. The molecule has 0 amide bonds. The van der Waals surface area contributed by atoms with Gasteiger partial charge in [-0.1, -0.05) is 30.3 Å². The van der Waals surface area contributed by atoms with Gasteiger partial charge in [0.1, 0.15) is 5.82 Å². The van der Waals surface area contributed by atoms with Crippen molar-refractivity contribution < 1.29 is 5.11 Å². The van der Waals surface area contributed by atoms with E-state index in [2.05, 4.69) is 17.0 Å². The Kier molecular flexibility index (Phi) is 3.73. The van der Waals surface area contributed by atoms with Gasteiger partial charge < -0.3 is 10.0 Å². The molecule has 5 nitrogen and oxygen atoms in total. The molecule has 0 bridgehead atoms. The van der Waals surface area contributed by atoms with E-state index in [4.69, 9.17) is 10.1 Å². The second-order valence-electron chi connectivity index (χ2n) is 6.42. The van der Waals surface area contributed by atoms with Crippen molar-refractivity contribution in [1.82, 2.24) is 14.6 Å². The van der Waals surface area contributed by atoms with Gasteiger partial charge in [-0.05, 0) is 31.7 Å². The lowest BCUT2D eigenvalue weighted by molar-refractivity contribution is 0.303. The third kappa shape index (κ3) is 2.27. The molecular formula is C19H22N4O. The van der Waals surface area contributed by atoms with Crippen LogP contribution in [0, 0.1) is 6.92 Å². The molecule has 0 radical (unpaired) electrons. The normalized spacial score (nSPS) is 13.5. The lowest BCUT2D eigenvalue weighted by Gasteiger charge is -2.22. The maximum Gasteiger partial charge on any atom is 0.165 e. The number of nitrogens with zero attached hydrogens (tertiary/aromatic N) is 4. The lowest BCUT2D eigenvalue weighted by Crippen LogP contribution is -2.25. The number of anilines is 1. The third-order valence-electron chi connectivity index (χ3n) is 4.80. The predicted molar refractivity (Wildman–Crippen MR) is 95.5 cm³/mol. The van der Waals surface area contributed by atoms with Crippen molar-refractivity contribution in [1.29, 1.82) is 0 Å². The predicted octanol–water partition coefficient (Wildman–Crippen LogP) is 2.62. The van der Waals surface area contributed by atoms with Gasteiger partial charge in [-0.3, -0.25) is 0 Å². The molecule has 1 N–H and O–H groups in total. The minimum absolute atomic E-state index is 0.126. The van der Waals surface area contributed by atoms with Gasteiger partial charge in [-0.15, -0.1) is 0 Å². The summed E-state index contributed by atoms with van der Waals surface area (Å²) in [7, 11) is 2.02. The topological polar surface area (TPSA) is 53.7 Å². The van der Waals surface area contributed by atoms with Crippen LogP contribution in [0.5, 0.6) is 0 Å². The van der Waals surface area contributed by atoms with Crippen LogP contribution in [0.25, 0.3) is 16.8 Å². The van der Waals surface area contributed by atoms with Crippen molar-refractivity contribution in [2.24, 2.45) is 0 Å². The number of hydrogen-bond donors (Lipinski definition) is 1. The van der Waals surface area contributed by atoms with Crippen LogP contribution in [0.15, 0.2) is 30.3 Å².